The van der Waals surface area contributed by atoms with Gasteiger partial charge in [-0.3, -0.25) is 0 Å². The van der Waals surface area contributed by atoms with Crippen molar-refractivity contribution in [1.82, 2.24) is 4.90 Å². The van der Waals surface area contributed by atoms with E-state index >= 15 is 0 Å². The second-order valence-corrected chi connectivity index (χ2v) is 4.02. The van der Waals surface area contributed by atoms with Crippen LogP contribution in [0.2, 0.25) is 0 Å². The highest BCUT2D eigenvalue weighted by atomic mass is 16.7. The zero-order valence-corrected chi connectivity index (χ0v) is 9.17. The quantitative estimate of drug-likeness (QED) is 0.741. The van der Waals surface area contributed by atoms with Crippen molar-refractivity contribution in [3.63, 3.8) is 0 Å². The molecule has 1 N–H and O–H groups in total. The molecule has 1 atom stereocenters. The smallest absolute Gasteiger partial charge is 0.407 e. The Morgan fingerprint density at radius 2 is 2.19 bits per heavy atom. The summed E-state index contributed by atoms with van der Waals surface area (Å²) >= 11 is 0. The molecule has 0 aromatic carbocycles. The van der Waals surface area contributed by atoms with Gasteiger partial charge < -0.3 is 19.5 Å². The third kappa shape index (κ3) is 2.74. The average molecular weight is 227 g/mol. The van der Waals surface area contributed by atoms with E-state index in [1.165, 1.54) is 4.90 Å². The summed E-state index contributed by atoms with van der Waals surface area (Å²) in [7, 11) is 0. The van der Waals surface area contributed by atoms with Crippen molar-refractivity contribution < 1.29 is 19.4 Å². The van der Waals surface area contributed by atoms with Gasteiger partial charge in [-0.15, -0.1) is 0 Å². The third-order valence-corrected chi connectivity index (χ3v) is 2.92. The zero-order chi connectivity index (χ0) is 11.4. The lowest BCUT2D eigenvalue weighted by Crippen LogP contribution is -2.32. The van der Waals surface area contributed by atoms with Gasteiger partial charge in [-0.1, -0.05) is 12.2 Å². The average Bonchev–Trinajstić information content (AvgIpc) is 2.87. The van der Waals surface area contributed by atoms with E-state index in [0.29, 0.717) is 26.2 Å². The van der Waals surface area contributed by atoms with E-state index in [-0.39, 0.29) is 12.3 Å². The highest BCUT2D eigenvalue weighted by molar-refractivity contribution is 5.66. The Hall–Kier alpha value is -1.07. The molecular weight excluding hydrogens is 210 g/mol. The molecule has 0 aliphatic carbocycles. The first-order valence-corrected chi connectivity index (χ1v) is 5.67. The number of likely N-dealkylation sites (tertiary alicyclic amines) is 1. The summed E-state index contributed by atoms with van der Waals surface area (Å²) in [6.45, 7) is 1.95. The Morgan fingerprint density at radius 1 is 1.44 bits per heavy atom. The SMILES string of the molecule is O=C(O)N1CCCC1C=CCC1OCCO1. The number of carboxylic acid groups (broad SMARTS) is 1. The monoisotopic (exact) mass is 227 g/mol. The first-order valence-electron chi connectivity index (χ1n) is 5.67. The van der Waals surface area contributed by atoms with Gasteiger partial charge in [0.05, 0.1) is 19.3 Å². The van der Waals surface area contributed by atoms with E-state index in [1.807, 2.05) is 12.2 Å². The van der Waals surface area contributed by atoms with Crippen LogP contribution < -0.4 is 0 Å². The highest BCUT2D eigenvalue weighted by Gasteiger charge is 2.26. The first-order chi connectivity index (χ1) is 7.77. The minimum Gasteiger partial charge on any atom is -0.465 e. The summed E-state index contributed by atoms with van der Waals surface area (Å²) in [5, 5.41) is 8.94. The fourth-order valence-corrected chi connectivity index (χ4v) is 2.12. The van der Waals surface area contributed by atoms with Gasteiger partial charge in [0.15, 0.2) is 6.29 Å². The van der Waals surface area contributed by atoms with Gasteiger partial charge in [0, 0.05) is 13.0 Å². The predicted molar refractivity (Wildman–Crippen MR) is 57.2 cm³/mol. The topological polar surface area (TPSA) is 59.0 Å². The van der Waals surface area contributed by atoms with Crippen molar-refractivity contribution in [1.29, 1.82) is 0 Å². The summed E-state index contributed by atoms with van der Waals surface area (Å²) in [6.07, 6.45) is 5.49. The van der Waals surface area contributed by atoms with Crippen molar-refractivity contribution in [2.24, 2.45) is 0 Å². The summed E-state index contributed by atoms with van der Waals surface area (Å²) < 4.78 is 10.6. The van der Waals surface area contributed by atoms with Crippen LogP contribution in [0.5, 0.6) is 0 Å². The first kappa shape index (κ1) is 11.4. The maximum atomic E-state index is 10.9. The Balaban J connectivity index is 1.79. The normalized spacial score (nSPS) is 27.0. The van der Waals surface area contributed by atoms with Gasteiger partial charge in [0.2, 0.25) is 0 Å². The molecule has 2 aliphatic rings. The van der Waals surface area contributed by atoms with E-state index in [4.69, 9.17) is 14.6 Å². The molecule has 0 aromatic rings. The van der Waals surface area contributed by atoms with E-state index in [9.17, 15) is 4.79 Å². The van der Waals surface area contributed by atoms with Crippen molar-refractivity contribution in [2.75, 3.05) is 19.8 Å². The maximum Gasteiger partial charge on any atom is 0.407 e. The molecule has 0 saturated carbocycles. The fourth-order valence-electron chi connectivity index (χ4n) is 2.12. The Labute approximate surface area is 94.6 Å². The summed E-state index contributed by atoms with van der Waals surface area (Å²) in [4.78, 5) is 12.4. The Bertz CT molecular complexity index is 273. The number of ether oxygens (including phenoxy) is 2. The van der Waals surface area contributed by atoms with Gasteiger partial charge in [0.1, 0.15) is 0 Å². The maximum absolute atomic E-state index is 10.9. The molecule has 5 nitrogen and oxygen atoms in total. The molecule has 90 valence electrons. The molecule has 2 aliphatic heterocycles. The second kappa shape index (κ2) is 5.32. The van der Waals surface area contributed by atoms with E-state index in [0.717, 1.165) is 12.8 Å². The number of rotatable bonds is 3. The van der Waals surface area contributed by atoms with E-state index in [1.54, 1.807) is 0 Å². The molecule has 5 heteroatoms. The van der Waals surface area contributed by atoms with Crippen LogP contribution in [-0.4, -0.2) is 48.2 Å². The van der Waals surface area contributed by atoms with E-state index < -0.39 is 6.09 Å². The summed E-state index contributed by atoms with van der Waals surface area (Å²) in [5.74, 6) is 0. The molecule has 0 spiro atoms. The number of nitrogens with zero attached hydrogens (tertiary/aromatic N) is 1. The zero-order valence-electron chi connectivity index (χ0n) is 9.17. The van der Waals surface area contributed by atoms with Crippen LogP contribution in [0.1, 0.15) is 19.3 Å². The van der Waals surface area contributed by atoms with Crippen LogP contribution in [0.3, 0.4) is 0 Å². The van der Waals surface area contributed by atoms with Gasteiger partial charge in [0.25, 0.3) is 0 Å². The van der Waals surface area contributed by atoms with Crippen molar-refractivity contribution in [3.05, 3.63) is 12.2 Å². The van der Waals surface area contributed by atoms with Gasteiger partial charge in [-0.2, -0.15) is 0 Å². The third-order valence-electron chi connectivity index (χ3n) is 2.92. The van der Waals surface area contributed by atoms with Crippen molar-refractivity contribution in [3.8, 4) is 0 Å². The molecule has 2 rings (SSSR count). The Kier molecular flexibility index (Phi) is 3.79. The minimum absolute atomic E-state index is 0.0268. The van der Waals surface area contributed by atoms with Crippen LogP contribution >= 0.6 is 0 Å². The number of amides is 1. The largest absolute Gasteiger partial charge is 0.465 e. The van der Waals surface area contributed by atoms with Crippen molar-refractivity contribution >= 4 is 6.09 Å². The van der Waals surface area contributed by atoms with Gasteiger partial charge in [-0.05, 0) is 12.8 Å². The van der Waals surface area contributed by atoms with Crippen LogP contribution in [0, 0.1) is 0 Å². The molecule has 0 aromatic heterocycles. The van der Waals surface area contributed by atoms with Crippen LogP contribution in [0.15, 0.2) is 12.2 Å². The summed E-state index contributed by atoms with van der Waals surface area (Å²) in [5.41, 5.74) is 0. The lowest BCUT2D eigenvalue weighted by Gasteiger charge is -2.18. The summed E-state index contributed by atoms with van der Waals surface area (Å²) in [6, 6.07) is 0.0268. The standard InChI is InChI=1S/C11H17NO4/c13-11(14)12-6-2-4-9(12)3-1-5-10-15-7-8-16-10/h1,3,9-10H,2,4-8H2,(H,13,14). The van der Waals surface area contributed by atoms with Crippen LogP contribution in [0.25, 0.3) is 0 Å². The predicted octanol–water partition coefficient (Wildman–Crippen LogP) is 1.45. The second-order valence-electron chi connectivity index (χ2n) is 4.02. The molecule has 2 saturated heterocycles. The number of hydrogen-bond acceptors (Lipinski definition) is 3. The Morgan fingerprint density at radius 3 is 2.88 bits per heavy atom. The van der Waals surface area contributed by atoms with Crippen LogP contribution in [0.4, 0.5) is 4.79 Å². The highest BCUT2D eigenvalue weighted by Crippen LogP contribution is 2.19. The minimum atomic E-state index is -0.833. The van der Waals surface area contributed by atoms with E-state index in [2.05, 4.69) is 0 Å². The molecule has 2 fully saturated rings. The molecule has 1 amide bonds. The molecule has 1 unspecified atom stereocenters. The molecule has 0 radical (unpaired) electrons. The van der Waals surface area contributed by atoms with Crippen LogP contribution in [-0.2, 0) is 9.47 Å². The lowest BCUT2D eigenvalue weighted by molar-refractivity contribution is -0.0381. The van der Waals surface area contributed by atoms with Gasteiger partial charge in [-0.25, -0.2) is 4.79 Å². The lowest BCUT2D eigenvalue weighted by atomic mass is 10.2. The molecular formula is C11H17NO4. The molecule has 16 heavy (non-hydrogen) atoms. The van der Waals surface area contributed by atoms with Gasteiger partial charge >= 0.3 is 6.09 Å². The number of carbonyl (C=O) groups is 1. The van der Waals surface area contributed by atoms with Crippen molar-refractivity contribution in [2.45, 2.75) is 31.6 Å². The fraction of sp³-hybridized carbons (Fsp3) is 0.727. The molecule has 2 heterocycles. The number of hydrogen-bond donors (Lipinski definition) is 1. The molecule has 0 bridgehead atoms.